The molecule has 0 radical (unpaired) electrons. The third-order valence-corrected chi connectivity index (χ3v) is 2.00. The van der Waals surface area contributed by atoms with Crippen molar-refractivity contribution in [2.24, 2.45) is 0 Å². The molecule has 18 heavy (non-hydrogen) atoms. The zero-order chi connectivity index (χ0) is 14.2. The maximum Gasteiger partial charge on any atom is 0.411 e. The highest BCUT2D eigenvalue weighted by Gasteiger charge is 2.27. The van der Waals surface area contributed by atoms with Gasteiger partial charge in [0.25, 0.3) is 0 Å². The average molecular weight is 273 g/mol. The van der Waals surface area contributed by atoms with Gasteiger partial charge in [-0.05, 0) is 0 Å². The number of carbonyl (C=O) groups is 1. The van der Waals surface area contributed by atoms with Crippen molar-refractivity contribution in [3.63, 3.8) is 0 Å². The predicted molar refractivity (Wildman–Crippen MR) is 57.0 cm³/mol. The van der Waals surface area contributed by atoms with Gasteiger partial charge < -0.3 is 19.5 Å². The van der Waals surface area contributed by atoms with Gasteiger partial charge in [0.05, 0.1) is 25.7 Å². The van der Waals surface area contributed by atoms with Gasteiger partial charge in [0, 0.05) is 20.7 Å². The fourth-order valence-electron chi connectivity index (χ4n) is 1.20. The summed E-state index contributed by atoms with van der Waals surface area (Å²) in [6, 6.07) is 0. The van der Waals surface area contributed by atoms with Crippen molar-refractivity contribution in [2.45, 2.75) is 18.7 Å². The van der Waals surface area contributed by atoms with Crippen molar-refractivity contribution in [3.8, 4) is 0 Å². The van der Waals surface area contributed by atoms with Crippen LogP contribution in [-0.2, 0) is 14.3 Å². The summed E-state index contributed by atoms with van der Waals surface area (Å²) < 4.78 is 44.2. The van der Waals surface area contributed by atoms with Crippen LogP contribution in [0.2, 0.25) is 0 Å². The Balaban J connectivity index is 3.75. The number of ether oxygens (including phenoxy) is 2. The summed E-state index contributed by atoms with van der Waals surface area (Å²) in [4.78, 5) is 12.6. The van der Waals surface area contributed by atoms with Crippen molar-refractivity contribution in [1.82, 2.24) is 4.90 Å². The summed E-state index contributed by atoms with van der Waals surface area (Å²) in [5.74, 6) is -0.396. The second kappa shape index (κ2) is 8.28. The molecule has 0 aromatic rings. The minimum absolute atomic E-state index is 0.0615. The lowest BCUT2D eigenvalue weighted by atomic mass is 10.3. The molecule has 0 bridgehead atoms. The van der Waals surface area contributed by atoms with Crippen molar-refractivity contribution < 1.29 is 32.5 Å². The number of rotatable bonds is 8. The molecule has 0 aliphatic carbocycles. The first-order valence-electron chi connectivity index (χ1n) is 5.31. The van der Waals surface area contributed by atoms with E-state index in [4.69, 9.17) is 0 Å². The van der Waals surface area contributed by atoms with Gasteiger partial charge in [-0.15, -0.1) is 0 Å². The van der Waals surface area contributed by atoms with Crippen LogP contribution in [0.5, 0.6) is 0 Å². The molecular formula is C10H18F3NO4. The van der Waals surface area contributed by atoms with Crippen LogP contribution in [0, 0.1) is 0 Å². The third-order valence-electron chi connectivity index (χ3n) is 2.00. The summed E-state index contributed by atoms with van der Waals surface area (Å²) in [5.41, 5.74) is 0. The van der Waals surface area contributed by atoms with Crippen molar-refractivity contribution in [3.05, 3.63) is 0 Å². The van der Waals surface area contributed by atoms with Crippen LogP contribution in [0.25, 0.3) is 0 Å². The first-order valence-corrected chi connectivity index (χ1v) is 5.31. The Labute approximate surface area is 103 Å². The van der Waals surface area contributed by atoms with Crippen LogP contribution in [0.1, 0.15) is 6.42 Å². The number of nitrogens with zero attached hydrogens (tertiary/aromatic N) is 1. The Morgan fingerprint density at radius 1 is 1.44 bits per heavy atom. The van der Waals surface area contributed by atoms with Gasteiger partial charge in [-0.25, -0.2) is 0 Å². The Morgan fingerprint density at radius 3 is 2.56 bits per heavy atom. The SMILES string of the molecule is COCC(O)CN(C)C(=O)CCOCC(F)(F)F. The van der Waals surface area contributed by atoms with Gasteiger partial charge in [-0.3, -0.25) is 4.79 Å². The van der Waals surface area contributed by atoms with Crippen LogP contribution >= 0.6 is 0 Å². The Morgan fingerprint density at radius 2 is 2.06 bits per heavy atom. The molecule has 0 aliphatic rings. The monoisotopic (exact) mass is 273 g/mol. The normalized spacial score (nSPS) is 13.4. The van der Waals surface area contributed by atoms with E-state index in [1.165, 1.54) is 19.1 Å². The number of alkyl halides is 3. The maximum absolute atomic E-state index is 11.7. The van der Waals surface area contributed by atoms with E-state index >= 15 is 0 Å². The van der Waals surface area contributed by atoms with Crippen LogP contribution in [-0.4, -0.2) is 68.7 Å². The Kier molecular flexibility index (Phi) is 7.88. The van der Waals surface area contributed by atoms with Crippen LogP contribution in [0.15, 0.2) is 0 Å². The quantitative estimate of drug-likeness (QED) is 0.651. The molecule has 0 aromatic carbocycles. The molecule has 0 fully saturated rings. The zero-order valence-corrected chi connectivity index (χ0v) is 10.4. The Bertz CT molecular complexity index is 248. The molecule has 108 valence electrons. The maximum atomic E-state index is 11.7. The van der Waals surface area contributed by atoms with Crippen LogP contribution in [0.3, 0.4) is 0 Å². The number of likely N-dealkylation sites (N-methyl/N-ethyl adjacent to an activating group) is 1. The van der Waals surface area contributed by atoms with E-state index in [2.05, 4.69) is 9.47 Å². The number of carbonyl (C=O) groups excluding carboxylic acids is 1. The molecule has 8 heteroatoms. The summed E-state index contributed by atoms with van der Waals surface area (Å²) in [6.07, 6.45) is -5.37. The molecule has 0 spiro atoms. The summed E-state index contributed by atoms with van der Waals surface area (Å²) in [5, 5.41) is 9.35. The Hall–Kier alpha value is -0.860. The number of hydrogen-bond donors (Lipinski definition) is 1. The second-order valence-electron chi connectivity index (χ2n) is 3.80. The van der Waals surface area contributed by atoms with Crippen molar-refractivity contribution in [1.29, 1.82) is 0 Å². The van der Waals surface area contributed by atoms with E-state index in [-0.39, 0.29) is 26.2 Å². The lowest BCUT2D eigenvalue weighted by Gasteiger charge is -2.20. The molecule has 1 atom stereocenters. The molecule has 0 aliphatic heterocycles. The number of aliphatic hydroxyl groups excluding tert-OH is 1. The van der Waals surface area contributed by atoms with Gasteiger partial charge in [-0.2, -0.15) is 13.2 Å². The van der Waals surface area contributed by atoms with E-state index in [1.54, 1.807) is 0 Å². The summed E-state index contributed by atoms with van der Waals surface area (Å²) in [7, 11) is 2.86. The molecule has 1 unspecified atom stereocenters. The fraction of sp³-hybridized carbons (Fsp3) is 0.900. The number of methoxy groups -OCH3 is 1. The first-order chi connectivity index (χ1) is 8.26. The largest absolute Gasteiger partial charge is 0.411 e. The van der Waals surface area contributed by atoms with E-state index in [0.717, 1.165) is 0 Å². The molecule has 0 aromatic heterocycles. The molecule has 0 saturated carbocycles. The smallest absolute Gasteiger partial charge is 0.389 e. The summed E-state index contributed by atoms with van der Waals surface area (Å²) in [6.45, 7) is -1.52. The highest BCUT2D eigenvalue weighted by molar-refractivity contribution is 5.75. The highest BCUT2D eigenvalue weighted by Crippen LogP contribution is 2.14. The second-order valence-corrected chi connectivity index (χ2v) is 3.80. The lowest BCUT2D eigenvalue weighted by Crippen LogP contribution is -2.36. The van der Waals surface area contributed by atoms with Crippen molar-refractivity contribution >= 4 is 5.91 Å². The molecule has 0 saturated heterocycles. The van der Waals surface area contributed by atoms with E-state index < -0.39 is 24.8 Å². The van der Waals surface area contributed by atoms with Crippen LogP contribution < -0.4 is 0 Å². The molecule has 0 rings (SSSR count). The zero-order valence-electron chi connectivity index (χ0n) is 10.4. The van der Waals surface area contributed by atoms with E-state index in [0.29, 0.717) is 0 Å². The minimum Gasteiger partial charge on any atom is -0.389 e. The topological polar surface area (TPSA) is 59.0 Å². The van der Waals surface area contributed by atoms with Gasteiger partial charge >= 0.3 is 6.18 Å². The molecule has 1 N–H and O–H groups in total. The minimum atomic E-state index is -4.39. The third kappa shape index (κ3) is 9.20. The van der Waals surface area contributed by atoms with E-state index in [9.17, 15) is 23.1 Å². The van der Waals surface area contributed by atoms with E-state index in [1.807, 2.05) is 0 Å². The molecule has 1 amide bonds. The first kappa shape index (κ1) is 17.1. The molecule has 5 nitrogen and oxygen atoms in total. The van der Waals surface area contributed by atoms with Gasteiger partial charge in [0.1, 0.15) is 6.61 Å². The van der Waals surface area contributed by atoms with Gasteiger partial charge in [-0.1, -0.05) is 0 Å². The lowest BCUT2D eigenvalue weighted by molar-refractivity contribution is -0.175. The number of amides is 1. The standard InChI is InChI=1S/C10H18F3NO4/c1-14(5-8(15)6-17-2)9(16)3-4-18-7-10(11,12)13/h8,15H,3-7H2,1-2H3. The number of hydrogen-bond acceptors (Lipinski definition) is 4. The fourth-order valence-corrected chi connectivity index (χ4v) is 1.20. The molecular weight excluding hydrogens is 255 g/mol. The van der Waals surface area contributed by atoms with Gasteiger partial charge in [0.2, 0.25) is 5.91 Å². The number of halogens is 3. The number of aliphatic hydroxyl groups is 1. The van der Waals surface area contributed by atoms with Crippen LogP contribution in [0.4, 0.5) is 13.2 Å². The highest BCUT2D eigenvalue weighted by atomic mass is 19.4. The predicted octanol–water partition coefficient (Wildman–Crippen LogP) is 0.421. The van der Waals surface area contributed by atoms with Gasteiger partial charge in [0.15, 0.2) is 0 Å². The van der Waals surface area contributed by atoms with Crippen molar-refractivity contribution in [2.75, 3.05) is 40.5 Å². The molecule has 0 heterocycles. The average Bonchev–Trinajstić information content (AvgIpc) is 2.22. The summed E-state index contributed by atoms with van der Waals surface area (Å²) >= 11 is 0.